The highest BCUT2D eigenvalue weighted by atomic mass is 32.1. The largest absolute Gasteiger partial charge is 0.493 e. The van der Waals surface area contributed by atoms with Crippen molar-refractivity contribution in [3.63, 3.8) is 0 Å². The third-order valence-electron chi connectivity index (χ3n) is 5.19. The Kier molecular flexibility index (Phi) is 8.84. The number of aliphatic carboxylic acids is 1. The van der Waals surface area contributed by atoms with E-state index in [0.29, 0.717) is 28.3 Å². The lowest BCUT2D eigenvalue weighted by molar-refractivity contribution is -0.153. The number of nitrogens with zero attached hydrogens (tertiary/aromatic N) is 1. The van der Waals surface area contributed by atoms with Crippen LogP contribution in [0.25, 0.3) is 10.6 Å². The third kappa shape index (κ3) is 6.80. The van der Waals surface area contributed by atoms with Gasteiger partial charge in [0.1, 0.15) is 10.7 Å². The fourth-order valence-electron chi connectivity index (χ4n) is 3.65. The fraction of sp³-hybridized carbons (Fsp3) is 0.346. The Morgan fingerprint density at radius 1 is 1.14 bits per heavy atom. The first kappa shape index (κ1) is 26.2. The van der Waals surface area contributed by atoms with Crippen LogP contribution >= 0.6 is 11.3 Å². The zero-order chi connectivity index (χ0) is 25.5. The van der Waals surface area contributed by atoms with Gasteiger partial charge in [0, 0.05) is 29.5 Å². The second-order valence-corrected chi connectivity index (χ2v) is 9.15. The van der Waals surface area contributed by atoms with Crippen LogP contribution in [-0.4, -0.2) is 48.4 Å². The molecule has 2 N–H and O–H groups in total. The topological polar surface area (TPSA) is 107 Å². The van der Waals surface area contributed by atoms with Crippen LogP contribution in [0, 0.1) is 6.92 Å². The van der Waals surface area contributed by atoms with E-state index >= 15 is 0 Å². The molecular weight excluding hydrogens is 468 g/mol. The highest BCUT2D eigenvalue weighted by Gasteiger charge is 2.23. The SMILES string of the molecule is COc1cc(CC(OC(C)C)C(=O)O)cc(CNC(=O)c2csc(-c3cccc(C)c3)n2)c1OC. The van der Waals surface area contributed by atoms with Crippen molar-refractivity contribution in [3.8, 4) is 22.1 Å². The Morgan fingerprint density at radius 2 is 1.91 bits per heavy atom. The highest BCUT2D eigenvalue weighted by molar-refractivity contribution is 7.13. The Hall–Kier alpha value is -3.43. The molecule has 0 saturated heterocycles. The van der Waals surface area contributed by atoms with E-state index in [0.717, 1.165) is 16.1 Å². The summed E-state index contributed by atoms with van der Waals surface area (Å²) in [7, 11) is 3.02. The summed E-state index contributed by atoms with van der Waals surface area (Å²) in [5, 5.41) is 14.9. The number of aryl methyl sites for hydroxylation is 1. The van der Waals surface area contributed by atoms with Gasteiger partial charge in [0.2, 0.25) is 0 Å². The maximum absolute atomic E-state index is 12.8. The first-order valence-electron chi connectivity index (χ1n) is 11.1. The van der Waals surface area contributed by atoms with Crippen molar-refractivity contribution in [2.24, 2.45) is 0 Å². The zero-order valence-corrected chi connectivity index (χ0v) is 21.3. The highest BCUT2D eigenvalue weighted by Crippen LogP contribution is 2.33. The lowest BCUT2D eigenvalue weighted by Gasteiger charge is -2.19. The lowest BCUT2D eigenvalue weighted by Crippen LogP contribution is -2.29. The number of aromatic nitrogens is 1. The van der Waals surface area contributed by atoms with Gasteiger partial charge in [-0.25, -0.2) is 9.78 Å². The second-order valence-electron chi connectivity index (χ2n) is 8.30. The molecular formula is C26H30N2O6S. The van der Waals surface area contributed by atoms with Crippen molar-refractivity contribution < 1.29 is 28.9 Å². The molecule has 186 valence electrons. The van der Waals surface area contributed by atoms with Crippen LogP contribution in [0.4, 0.5) is 0 Å². The predicted molar refractivity (Wildman–Crippen MR) is 134 cm³/mol. The Bertz CT molecular complexity index is 1190. The molecule has 0 spiro atoms. The number of ether oxygens (including phenoxy) is 3. The molecule has 0 fully saturated rings. The number of carboxylic acid groups (broad SMARTS) is 1. The van der Waals surface area contributed by atoms with Gasteiger partial charge in [0.05, 0.1) is 20.3 Å². The molecule has 1 amide bonds. The number of methoxy groups -OCH3 is 2. The minimum Gasteiger partial charge on any atom is -0.493 e. The van der Waals surface area contributed by atoms with Crippen molar-refractivity contribution in [1.29, 1.82) is 0 Å². The molecule has 35 heavy (non-hydrogen) atoms. The van der Waals surface area contributed by atoms with Gasteiger partial charge in [0.15, 0.2) is 17.6 Å². The van der Waals surface area contributed by atoms with Gasteiger partial charge in [-0.2, -0.15) is 0 Å². The smallest absolute Gasteiger partial charge is 0.333 e. The van der Waals surface area contributed by atoms with Gasteiger partial charge in [-0.3, -0.25) is 4.79 Å². The maximum atomic E-state index is 12.8. The molecule has 0 radical (unpaired) electrons. The Labute approximate surface area is 208 Å². The molecule has 1 atom stereocenters. The minimum absolute atomic E-state index is 0.140. The molecule has 1 unspecified atom stereocenters. The van der Waals surface area contributed by atoms with Crippen LogP contribution in [0.15, 0.2) is 41.8 Å². The molecule has 3 rings (SSSR count). The van der Waals surface area contributed by atoms with E-state index in [4.69, 9.17) is 14.2 Å². The minimum atomic E-state index is -1.05. The molecule has 1 heterocycles. The summed E-state index contributed by atoms with van der Waals surface area (Å²) >= 11 is 1.41. The van der Waals surface area contributed by atoms with E-state index in [9.17, 15) is 14.7 Å². The molecule has 0 aliphatic heterocycles. The number of nitrogens with one attached hydrogen (secondary N) is 1. The molecule has 9 heteroatoms. The summed E-state index contributed by atoms with van der Waals surface area (Å²) in [6.45, 7) is 5.73. The van der Waals surface area contributed by atoms with Crippen LogP contribution in [0.2, 0.25) is 0 Å². The van der Waals surface area contributed by atoms with Crippen LogP contribution in [0.1, 0.15) is 41.0 Å². The van der Waals surface area contributed by atoms with Crippen molar-refractivity contribution in [2.75, 3.05) is 14.2 Å². The molecule has 0 bridgehead atoms. The normalized spacial score (nSPS) is 11.8. The van der Waals surface area contributed by atoms with Crippen LogP contribution in [0.5, 0.6) is 11.5 Å². The average molecular weight is 499 g/mol. The summed E-state index contributed by atoms with van der Waals surface area (Å²) < 4.78 is 16.5. The van der Waals surface area contributed by atoms with Crippen LogP contribution in [-0.2, 0) is 22.5 Å². The number of thiazole rings is 1. The lowest BCUT2D eigenvalue weighted by atomic mass is 10.0. The summed E-state index contributed by atoms with van der Waals surface area (Å²) in [5.41, 5.74) is 3.75. The maximum Gasteiger partial charge on any atom is 0.333 e. The van der Waals surface area contributed by atoms with E-state index in [1.807, 2.05) is 31.2 Å². The monoisotopic (exact) mass is 498 g/mol. The molecule has 2 aromatic carbocycles. The summed E-state index contributed by atoms with van der Waals surface area (Å²) in [5.74, 6) is -0.459. The molecule has 1 aromatic heterocycles. The number of amides is 1. The number of benzene rings is 2. The van der Waals surface area contributed by atoms with E-state index < -0.39 is 12.1 Å². The summed E-state index contributed by atoms with van der Waals surface area (Å²) in [6.07, 6.45) is -1.11. The van der Waals surface area contributed by atoms with Crippen molar-refractivity contribution in [3.05, 3.63) is 64.2 Å². The number of carbonyl (C=O) groups is 2. The number of rotatable bonds is 11. The van der Waals surface area contributed by atoms with E-state index in [-0.39, 0.29) is 25.0 Å². The van der Waals surface area contributed by atoms with Crippen LogP contribution in [0.3, 0.4) is 0 Å². The molecule has 0 aliphatic rings. The fourth-order valence-corrected chi connectivity index (χ4v) is 4.44. The van der Waals surface area contributed by atoms with Crippen molar-refractivity contribution in [1.82, 2.24) is 10.3 Å². The number of hydrogen-bond donors (Lipinski definition) is 2. The molecule has 0 aliphatic carbocycles. The molecule has 0 saturated carbocycles. The molecule has 3 aromatic rings. The first-order valence-corrected chi connectivity index (χ1v) is 12.0. The zero-order valence-electron chi connectivity index (χ0n) is 20.5. The van der Waals surface area contributed by atoms with Gasteiger partial charge >= 0.3 is 5.97 Å². The van der Waals surface area contributed by atoms with E-state index in [1.54, 1.807) is 31.4 Å². The average Bonchev–Trinajstić information content (AvgIpc) is 3.32. The van der Waals surface area contributed by atoms with Crippen molar-refractivity contribution >= 4 is 23.2 Å². The summed E-state index contributed by atoms with van der Waals surface area (Å²) in [4.78, 5) is 29.0. The second kappa shape index (κ2) is 11.8. The van der Waals surface area contributed by atoms with Crippen LogP contribution < -0.4 is 14.8 Å². The quantitative estimate of drug-likeness (QED) is 0.401. The van der Waals surface area contributed by atoms with Gasteiger partial charge in [-0.15, -0.1) is 11.3 Å². The predicted octanol–water partition coefficient (Wildman–Crippen LogP) is 4.49. The van der Waals surface area contributed by atoms with Gasteiger partial charge in [0.25, 0.3) is 5.91 Å². The van der Waals surface area contributed by atoms with Gasteiger partial charge < -0.3 is 24.6 Å². The van der Waals surface area contributed by atoms with Gasteiger partial charge in [-0.1, -0.05) is 23.8 Å². The van der Waals surface area contributed by atoms with E-state index in [1.165, 1.54) is 25.6 Å². The first-order chi connectivity index (χ1) is 16.7. The Balaban J connectivity index is 1.79. The molecule has 8 nitrogen and oxygen atoms in total. The third-order valence-corrected chi connectivity index (χ3v) is 6.08. The number of hydrogen-bond acceptors (Lipinski definition) is 7. The number of carboxylic acids is 1. The Morgan fingerprint density at radius 3 is 2.54 bits per heavy atom. The van der Waals surface area contributed by atoms with Gasteiger partial charge in [-0.05, 0) is 44.5 Å². The number of carbonyl (C=O) groups excluding carboxylic acids is 1. The van der Waals surface area contributed by atoms with Crippen molar-refractivity contribution in [2.45, 2.75) is 45.9 Å². The standard InChI is InChI=1S/C26H30N2O6S/c1-15(2)34-22(26(30)31)12-17-10-19(23(33-5)21(11-17)32-4)13-27-24(29)20-14-35-25(28-20)18-8-6-7-16(3)9-18/h6-11,14-15,22H,12-13H2,1-5H3,(H,27,29)(H,30,31). The van der Waals surface area contributed by atoms with E-state index in [2.05, 4.69) is 10.3 Å². The summed E-state index contributed by atoms with van der Waals surface area (Å²) in [6, 6.07) is 11.5.